The van der Waals surface area contributed by atoms with Gasteiger partial charge in [0.05, 0.1) is 11.4 Å². The number of halogens is 1. The van der Waals surface area contributed by atoms with Crippen molar-refractivity contribution in [3.63, 3.8) is 0 Å². The summed E-state index contributed by atoms with van der Waals surface area (Å²) in [6, 6.07) is 18.4. The maximum Gasteiger partial charge on any atom is 0.163 e. The zero-order chi connectivity index (χ0) is 15.8. The molecule has 0 radical (unpaired) electrons. The Bertz CT molecular complexity index is 973. The molecule has 0 aliphatic carbocycles. The van der Waals surface area contributed by atoms with Crippen LogP contribution in [0, 0.1) is 12.7 Å². The van der Waals surface area contributed by atoms with E-state index in [2.05, 4.69) is 22.2 Å². The summed E-state index contributed by atoms with van der Waals surface area (Å²) in [5, 5.41) is 4.65. The lowest BCUT2D eigenvalue weighted by Crippen LogP contribution is -1.96. The summed E-state index contributed by atoms with van der Waals surface area (Å²) in [5.74, 6) is -0.249. The van der Waals surface area contributed by atoms with Crippen LogP contribution in [0.4, 0.5) is 4.39 Å². The van der Waals surface area contributed by atoms with Crippen LogP contribution in [0.5, 0.6) is 0 Å². The first kappa shape index (κ1) is 13.6. The maximum atomic E-state index is 13.2. The van der Waals surface area contributed by atoms with Crippen LogP contribution in [-0.4, -0.2) is 14.6 Å². The van der Waals surface area contributed by atoms with Crippen LogP contribution in [0.1, 0.15) is 5.69 Å². The predicted octanol–water partition coefficient (Wildman–Crippen LogP) is 4.51. The second kappa shape index (κ2) is 5.32. The lowest BCUT2D eigenvalue weighted by Gasteiger charge is -2.05. The molecule has 2 aromatic heterocycles. The Kier molecular flexibility index (Phi) is 3.15. The van der Waals surface area contributed by atoms with Gasteiger partial charge in [0.2, 0.25) is 0 Å². The molecule has 112 valence electrons. The second-order valence-electron chi connectivity index (χ2n) is 5.40. The number of aromatic nitrogens is 3. The highest BCUT2D eigenvalue weighted by Crippen LogP contribution is 2.29. The highest BCUT2D eigenvalue weighted by Gasteiger charge is 2.15. The van der Waals surface area contributed by atoms with Gasteiger partial charge in [0, 0.05) is 17.3 Å². The first-order valence-corrected chi connectivity index (χ1v) is 7.40. The van der Waals surface area contributed by atoms with Crippen molar-refractivity contribution in [2.45, 2.75) is 6.92 Å². The van der Waals surface area contributed by atoms with Crippen molar-refractivity contribution in [1.29, 1.82) is 0 Å². The van der Waals surface area contributed by atoms with E-state index in [9.17, 15) is 4.39 Å². The third kappa shape index (κ3) is 2.28. The van der Waals surface area contributed by atoms with Crippen molar-refractivity contribution in [3.8, 4) is 22.4 Å². The average Bonchev–Trinajstić information content (AvgIpc) is 2.92. The lowest BCUT2D eigenvalue weighted by molar-refractivity contribution is 0.628. The quantitative estimate of drug-likeness (QED) is 0.545. The Balaban J connectivity index is 1.98. The molecule has 0 spiro atoms. The monoisotopic (exact) mass is 303 g/mol. The molecular formula is C19H14FN3. The van der Waals surface area contributed by atoms with E-state index in [0.717, 1.165) is 33.7 Å². The maximum absolute atomic E-state index is 13.2. The number of benzene rings is 2. The smallest absolute Gasteiger partial charge is 0.163 e. The number of hydrogen-bond acceptors (Lipinski definition) is 2. The SMILES string of the molecule is Cc1nn2c(-c3ccc(F)cc3)ccnc2c1-c1ccccc1. The van der Waals surface area contributed by atoms with E-state index in [1.807, 2.05) is 35.7 Å². The molecule has 0 saturated carbocycles. The molecule has 0 aliphatic heterocycles. The second-order valence-corrected chi connectivity index (χ2v) is 5.40. The Morgan fingerprint density at radius 1 is 0.870 bits per heavy atom. The van der Waals surface area contributed by atoms with Gasteiger partial charge in [0.15, 0.2) is 5.65 Å². The van der Waals surface area contributed by atoms with Crippen LogP contribution in [0.2, 0.25) is 0 Å². The standard InChI is InChI=1S/C19H14FN3/c1-13-18(15-5-3-2-4-6-15)19-21-12-11-17(23(19)22-13)14-7-9-16(20)10-8-14/h2-12H,1H3. The third-order valence-corrected chi connectivity index (χ3v) is 3.90. The number of fused-ring (bicyclic) bond motifs is 1. The number of hydrogen-bond donors (Lipinski definition) is 0. The van der Waals surface area contributed by atoms with Gasteiger partial charge < -0.3 is 0 Å². The highest BCUT2D eigenvalue weighted by atomic mass is 19.1. The van der Waals surface area contributed by atoms with E-state index in [4.69, 9.17) is 0 Å². The summed E-state index contributed by atoms with van der Waals surface area (Å²) in [7, 11) is 0. The van der Waals surface area contributed by atoms with Crippen molar-refractivity contribution in [1.82, 2.24) is 14.6 Å². The van der Waals surface area contributed by atoms with Gasteiger partial charge in [-0.15, -0.1) is 0 Å². The molecule has 4 rings (SSSR count). The first-order chi connectivity index (χ1) is 11.2. The Morgan fingerprint density at radius 2 is 1.61 bits per heavy atom. The topological polar surface area (TPSA) is 30.2 Å². The van der Waals surface area contributed by atoms with Gasteiger partial charge in [0.25, 0.3) is 0 Å². The van der Waals surface area contributed by atoms with Crippen LogP contribution >= 0.6 is 0 Å². The van der Waals surface area contributed by atoms with Crippen molar-refractivity contribution in [2.75, 3.05) is 0 Å². The summed E-state index contributed by atoms with van der Waals surface area (Å²) < 4.78 is 15.0. The zero-order valence-electron chi connectivity index (χ0n) is 12.6. The third-order valence-electron chi connectivity index (χ3n) is 3.90. The molecule has 3 nitrogen and oxygen atoms in total. The molecule has 0 bridgehead atoms. The van der Waals surface area contributed by atoms with E-state index in [-0.39, 0.29) is 5.82 Å². The van der Waals surface area contributed by atoms with Crippen molar-refractivity contribution in [2.24, 2.45) is 0 Å². The molecular weight excluding hydrogens is 289 g/mol. The number of rotatable bonds is 2. The normalized spacial score (nSPS) is 11.0. The van der Waals surface area contributed by atoms with Crippen molar-refractivity contribution >= 4 is 5.65 Å². The summed E-state index contributed by atoms with van der Waals surface area (Å²) in [5.41, 5.74) is 5.62. The van der Waals surface area contributed by atoms with Crippen LogP contribution in [0.25, 0.3) is 28.0 Å². The molecule has 2 heterocycles. The average molecular weight is 303 g/mol. The van der Waals surface area contributed by atoms with Gasteiger partial charge in [-0.05, 0) is 42.8 Å². The molecule has 0 fully saturated rings. The van der Waals surface area contributed by atoms with Gasteiger partial charge >= 0.3 is 0 Å². The largest absolute Gasteiger partial charge is 0.236 e. The van der Waals surface area contributed by atoms with Gasteiger partial charge in [-0.1, -0.05) is 30.3 Å². The molecule has 0 amide bonds. The minimum atomic E-state index is -0.249. The van der Waals surface area contributed by atoms with Crippen LogP contribution in [-0.2, 0) is 0 Å². The Labute approximate surface area is 133 Å². The van der Waals surface area contributed by atoms with E-state index < -0.39 is 0 Å². The van der Waals surface area contributed by atoms with E-state index >= 15 is 0 Å². The molecule has 0 unspecified atom stereocenters. The zero-order valence-corrected chi connectivity index (χ0v) is 12.6. The van der Waals surface area contributed by atoms with Gasteiger partial charge in [-0.2, -0.15) is 5.10 Å². The minimum Gasteiger partial charge on any atom is -0.236 e. The highest BCUT2D eigenvalue weighted by molar-refractivity contribution is 5.81. The summed E-state index contributed by atoms with van der Waals surface area (Å²) in [6.07, 6.45) is 1.77. The fourth-order valence-corrected chi connectivity index (χ4v) is 2.83. The fraction of sp³-hybridized carbons (Fsp3) is 0.0526. The van der Waals surface area contributed by atoms with Crippen LogP contribution in [0.15, 0.2) is 66.9 Å². The molecule has 0 atom stereocenters. The fourth-order valence-electron chi connectivity index (χ4n) is 2.83. The minimum absolute atomic E-state index is 0.249. The van der Waals surface area contributed by atoms with Crippen LogP contribution < -0.4 is 0 Å². The van der Waals surface area contributed by atoms with E-state index in [1.54, 1.807) is 18.3 Å². The van der Waals surface area contributed by atoms with Crippen LogP contribution in [0.3, 0.4) is 0 Å². The molecule has 0 N–H and O–H groups in total. The first-order valence-electron chi connectivity index (χ1n) is 7.40. The molecule has 2 aromatic carbocycles. The lowest BCUT2D eigenvalue weighted by atomic mass is 10.1. The number of nitrogens with zero attached hydrogens (tertiary/aromatic N) is 3. The van der Waals surface area contributed by atoms with E-state index in [0.29, 0.717) is 0 Å². The summed E-state index contributed by atoms with van der Waals surface area (Å²) >= 11 is 0. The molecule has 0 aliphatic rings. The predicted molar refractivity (Wildman–Crippen MR) is 88.6 cm³/mol. The summed E-state index contributed by atoms with van der Waals surface area (Å²) in [6.45, 7) is 1.98. The Hall–Kier alpha value is -3.01. The van der Waals surface area contributed by atoms with Crippen molar-refractivity contribution < 1.29 is 4.39 Å². The van der Waals surface area contributed by atoms with Crippen molar-refractivity contribution in [3.05, 3.63) is 78.4 Å². The number of aryl methyl sites for hydroxylation is 1. The molecule has 0 saturated heterocycles. The van der Waals surface area contributed by atoms with Gasteiger partial charge in [-0.3, -0.25) is 0 Å². The molecule has 4 aromatic rings. The van der Waals surface area contributed by atoms with E-state index in [1.165, 1.54) is 12.1 Å². The van der Waals surface area contributed by atoms with Gasteiger partial charge in [-0.25, -0.2) is 13.9 Å². The Morgan fingerprint density at radius 3 is 2.35 bits per heavy atom. The molecule has 4 heteroatoms. The van der Waals surface area contributed by atoms with Gasteiger partial charge in [0.1, 0.15) is 5.82 Å². The molecule has 23 heavy (non-hydrogen) atoms. The summed E-state index contributed by atoms with van der Waals surface area (Å²) in [4.78, 5) is 4.51.